The van der Waals surface area contributed by atoms with Gasteiger partial charge in [-0.3, -0.25) is 4.90 Å². The second-order valence-electron chi connectivity index (χ2n) is 5.27. The molecule has 20 heavy (non-hydrogen) atoms. The monoisotopic (exact) mass is 299 g/mol. The Balaban J connectivity index is 2.08. The van der Waals surface area contributed by atoms with Crippen LogP contribution >= 0.6 is 11.6 Å². The molecule has 1 aliphatic heterocycles. The first-order chi connectivity index (χ1) is 9.67. The molecule has 0 bridgehead atoms. The lowest BCUT2D eigenvalue weighted by atomic mass is 10.0. The van der Waals surface area contributed by atoms with Crippen molar-refractivity contribution in [3.8, 4) is 0 Å². The quantitative estimate of drug-likeness (QED) is 0.907. The molecule has 1 fully saturated rings. The predicted molar refractivity (Wildman–Crippen MR) is 81.5 cm³/mol. The highest BCUT2D eigenvalue weighted by atomic mass is 35.5. The summed E-state index contributed by atoms with van der Waals surface area (Å²) in [6, 6.07) is 5.07. The van der Waals surface area contributed by atoms with E-state index in [1.807, 2.05) is 0 Å². The summed E-state index contributed by atoms with van der Waals surface area (Å²) < 4.78 is 14.2. The van der Waals surface area contributed by atoms with Gasteiger partial charge < -0.3 is 10.6 Å². The number of hydrogen-bond donors (Lipinski definition) is 1. The largest absolute Gasteiger partial charge is 0.329 e. The van der Waals surface area contributed by atoms with Crippen LogP contribution in [0.5, 0.6) is 0 Å². The molecule has 1 atom stereocenters. The van der Waals surface area contributed by atoms with E-state index in [1.54, 1.807) is 18.2 Å². The lowest BCUT2D eigenvalue weighted by Crippen LogP contribution is -2.49. The molecule has 0 aromatic heterocycles. The standard InChI is InChI=1S/C15H23ClFN3/c1-2-6-19-7-9-20(10-8-19)14(11-18)12-4-3-5-13(16)15(12)17/h3-5,14H,2,6-11,18H2,1H3. The zero-order valence-corrected chi connectivity index (χ0v) is 12.7. The smallest absolute Gasteiger partial charge is 0.146 e. The van der Waals surface area contributed by atoms with Crippen LogP contribution in [0.3, 0.4) is 0 Å². The maximum Gasteiger partial charge on any atom is 0.146 e. The zero-order valence-electron chi connectivity index (χ0n) is 12.0. The van der Waals surface area contributed by atoms with Crippen molar-refractivity contribution >= 4 is 11.6 Å². The van der Waals surface area contributed by atoms with E-state index in [4.69, 9.17) is 17.3 Å². The van der Waals surface area contributed by atoms with Crippen molar-refractivity contribution in [1.82, 2.24) is 9.80 Å². The summed E-state index contributed by atoms with van der Waals surface area (Å²) in [5.41, 5.74) is 6.50. The van der Waals surface area contributed by atoms with E-state index in [-0.39, 0.29) is 16.9 Å². The third-order valence-electron chi connectivity index (χ3n) is 3.95. The van der Waals surface area contributed by atoms with Gasteiger partial charge in [-0.15, -0.1) is 0 Å². The molecule has 0 aliphatic carbocycles. The van der Waals surface area contributed by atoms with E-state index in [9.17, 15) is 4.39 Å². The van der Waals surface area contributed by atoms with E-state index in [0.717, 1.165) is 32.7 Å². The van der Waals surface area contributed by atoms with Crippen molar-refractivity contribution in [2.45, 2.75) is 19.4 Å². The Labute approximate surface area is 125 Å². The van der Waals surface area contributed by atoms with Gasteiger partial charge in [-0.05, 0) is 19.0 Å². The Morgan fingerprint density at radius 3 is 2.60 bits per heavy atom. The Morgan fingerprint density at radius 1 is 1.30 bits per heavy atom. The van der Waals surface area contributed by atoms with E-state index in [2.05, 4.69) is 16.7 Å². The van der Waals surface area contributed by atoms with Crippen molar-refractivity contribution in [3.05, 3.63) is 34.6 Å². The van der Waals surface area contributed by atoms with Gasteiger partial charge in [-0.25, -0.2) is 4.39 Å². The highest BCUT2D eigenvalue weighted by Crippen LogP contribution is 2.27. The molecule has 1 heterocycles. The molecule has 1 aliphatic rings. The lowest BCUT2D eigenvalue weighted by Gasteiger charge is -2.39. The summed E-state index contributed by atoms with van der Waals surface area (Å²) in [6.45, 7) is 7.62. The average Bonchev–Trinajstić information content (AvgIpc) is 2.46. The number of halogens is 2. The molecular formula is C15H23ClFN3. The van der Waals surface area contributed by atoms with Crippen molar-refractivity contribution < 1.29 is 4.39 Å². The van der Waals surface area contributed by atoms with Crippen molar-refractivity contribution in [3.63, 3.8) is 0 Å². The van der Waals surface area contributed by atoms with E-state index in [0.29, 0.717) is 12.1 Å². The lowest BCUT2D eigenvalue weighted by molar-refractivity contribution is 0.0971. The van der Waals surface area contributed by atoms with Crippen molar-refractivity contribution in [2.75, 3.05) is 39.3 Å². The van der Waals surface area contributed by atoms with Crippen LogP contribution in [-0.2, 0) is 0 Å². The summed E-state index contributed by atoms with van der Waals surface area (Å²) >= 11 is 5.88. The number of nitrogens with two attached hydrogens (primary N) is 1. The first-order valence-electron chi connectivity index (χ1n) is 7.27. The maximum atomic E-state index is 14.2. The summed E-state index contributed by atoms with van der Waals surface area (Å²) in [6.07, 6.45) is 1.17. The minimum Gasteiger partial charge on any atom is -0.329 e. The second-order valence-corrected chi connectivity index (χ2v) is 5.68. The summed E-state index contributed by atoms with van der Waals surface area (Å²) in [5, 5.41) is 0.172. The highest BCUT2D eigenvalue weighted by molar-refractivity contribution is 6.30. The number of rotatable bonds is 5. The van der Waals surface area contributed by atoms with Gasteiger partial charge >= 0.3 is 0 Å². The molecule has 2 rings (SSSR count). The minimum atomic E-state index is -0.333. The number of piperazine rings is 1. The average molecular weight is 300 g/mol. The van der Waals surface area contributed by atoms with Gasteiger partial charge in [-0.2, -0.15) is 0 Å². The molecule has 0 saturated carbocycles. The van der Waals surface area contributed by atoms with Crippen LogP contribution in [0.4, 0.5) is 4.39 Å². The topological polar surface area (TPSA) is 32.5 Å². The van der Waals surface area contributed by atoms with Crippen LogP contribution in [0, 0.1) is 5.82 Å². The van der Waals surface area contributed by atoms with E-state index in [1.165, 1.54) is 6.42 Å². The molecule has 2 N–H and O–H groups in total. The van der Waals surface area contributed by atoms with Crippen LogP contribution in [-0.4, -0.2) is 49.1 Å². The summed E-state index contributed by atoms with van der Waals surface area (Å²) in [5.74, 6) is -0.333. The van der Waals surface area contributed by atoms with Gasteiger partial charge in [0.15, 0.2) is 0 Å². The van der Waals surface area contributed by atoms with Crippen LogP contribution < -0.4 is 5.73 Å². The van der Waals surface area contributed by atoms with Crippen molar-refractivity contribution in [2.24, 2.45) is 5.73 Å². The fourth-order valence-corrected chi connectivity index (χ4v) is 3.05. The van der Waals surface area contributed by atoms with Crippen LogP contribution in [0.25, 0.3) is 0 Å². The van der Waals surface area contributed by atoms with Gasteiger partial charge in [-0.1, -0.05) is 30.7 Å². The summed E-state index contributed by atoms with van der Waals surface area (Å²) in [7, 11) is 0. The SMILES string of the molecule is CCCN1CCN(C(CN)c2cccc(Cl)c2F)CC1. The minimum absolute atomic E-state index is 0.0857. The van der Waals surface area contributed by atoms with E-state index < -0.39 is 0 Å². The molecule has 1 aromatic carbocycles. The van der Waals surface area contributed by atoms with Crippen LogP contribution in [0.1, 0.15) is 24.9 Å². The van der Waals surface area contributed by atoms with Crippen LogP contribution in [0.2, 0.25) is 5.02 Å². The fourth-order valence-electron chi connectivity index (χ4n) is 2.87. The molecule has 0 spiro atoms. The van der Waals surface area contributed by atoms with Gasteiger partial charge in [0.1, 0.15) is 5.82 Å². The molecule has 0 amide bonds. The third kappa shape index (κ3) is 3.50. The van der Waals surface area contributed by atoms with Crippen molar-refractivity contribution in [1.29, 1.82) is 0 Å². The van der Waals surface area contributed by atoms with Gasteiger partial charge in [0, 0.05) is 38.3 Å². The molecular weight excluding hydrogens is 277 g/mol. The Kier molecular flexibility index (Phi) is 5.78. The molecule has 5 heteroatoms. The molecule has 1 aromatic rings. The normalized spacial score (nSPS) is 19.2. The first-order valence-corrected chi connectivity index (χ1v) is 7.65. The molecule has 3 nitrogen and oxygen atoms in total. The number of hydrogen-bond acceptors (Lipinski definition) is 3. The first kappa shape index (κ1) is 15.7. The van der Waals surface area contributed by atoms with Gasteiger partial charge in [0.25, 0.3) is 0 Å². The number of nitrogens with zero attached hydrogens (tertiary/aromatic N) is 2. The Bertz CT molecular complexity index is 433. The third-order valence-corrected chi connectivity index (χ3v) is 4.24. The number of benzene rings is 1. The molecule has 1 saturated heterocycles. The van der Waals surface area contributed by atoms with E-state index >= 15 is 0 Å². The Hall–Kier alpha value is -0.680. The summed E-state index contributed by atoms with van der Waals surface area (Å²) in [4.78, 5) is 4.71. The molecule has 0 radical (unpaired) electrons. The predicted octanol–water partition coefficient (Wildman–Crippen LogP) is 2.51. The van der Waals surface area contributed by atoms with Crippen LogP contribution in [0.15, 0.2) is 18.2 Å². The van der Waals surface area contributed by atoms with Gasteiger partial charge in [0.05, 0.1) is 11.1 Å². The van der Waals surface area contributed by atoms with Gasteiger partial charge in [0.2, 0.25) is 0 Å². The molecule has 1 unspecified atom stereocenters. The fraction of sp³-hybridized carbons (Fsp3) is 0.600. The molecule has 112 valence electrons. The Morgan fingerprint density at radius 2 is 2.00 bits per heavy atom. The highest BCUT2D eigenvalue weighted by Gasteiger charge is 2.26. The maximum absolute atomic E-state index is 14.2. The second kappa shape index (κ2) is 7.36. The zero-order chi connectivity index (χ0) is 14.5.